The molecule has 0 saturated carbocycles. The van der Waals surface area contributed by atoms with Crippen LogP contribution in [0, 0.1) is 6.92 Å². The van der Waals surface area contributed by atoms with Crippen molar-refractivity contribution in [2.75, 3.05) is 26.2 Å². The first kappa shape index (κ1) is 27.5. The smallest absolute Gasteiger partial charge is 0.350 e. The molecule has 5 heterocycles. The lowest BCUT2D eigenvalue weighted by Crippen LogP contribution is -2.50. The summed E-state index contributed by atoms with van der Waals surface area (Å²) < 4.78 is 34.3. The molecule has 0 spiro atoms. The number of carbonyl (C=O) groups excluding carboxylic acids is 1. The van der Waals surface area contributed by atoms with Gasteiger partial charge in [0.25, 0.3) is 5.91 Å². The van der Waals surface area contributed by atoms with E-state index in [1.165, 1.54) is 0 Å². The molecule has 14 heteroatoms. The highest BCUT2D eigenvalue weighted by Gasteiger charge is 2.32. The van der Waals surface area contributed by atoms with Crippen LogP contribution >= 0.6 is 0 Å². The average molecular weight is 597 g/mol. The zero-order chi connectivity index (χ0) is 30.2. The minimum absolute atomic E-state index is 0.177. The molecule has 6 aromatic rings. The number of tetrazole rings is 1. The second kappa shape index (κ2) is 11.4. The zero-order valence-electron chi connectivity index (χ0n) is 23.5. The average Bonchev–Trinajstić information content (AvgIpc) is 3.82. The quantitative estimate of drug-likeness (QED) is 0.265. The van der Waals surface area contributed by atoms with Crippen LogP contribution in [-0.4, -0.2) is 81.6 Å². The molecule has 1 fully saturated rings. The molecule has 0 unspecified atom stereocenters. The maximum atomic E-state index is 13.5. The van der Waals surface area contributed by atoms with Gasteiger partial charge in [-0.25, -0.2) is 9.97 Å². The number of piperazine rings is 1. The van der Waals surface area contributed by atoms with Gasteiger partial charge in [0.1, 0.15) is 11.2 Å². The van der Waals surface area contributed by atoms with Crippen LogP contribution in [0.15, 0.2) is 83.8 Å². The Morgan fingerprint density at radius 1 is 0.977 bits per heavy atom. The maximum Gasteiger partial charge on any atom is 0.350 e. The van der Waals surface area contributed by atoms with E-state index in [1.807, 2.05) is 66.2 Å². The highest BCUT2D eigenvalue weighted by Crippen LogP contribution is 2.29. The lowest BCUT2D eigenvalue weighted by molar-refractivity contribution is 0.0385. The third-order valence-corrected chi connectivity index (χ3v) is 7.55. The van der Waals surface area contributed by atoms with Crippen LogP contribution in [-0.2, 0) is 0 Å². The molecule has 1 amide bonds. The van der Waals surface area contributed by atoms with E-state index in [2.05, 4.69) is 35.3 Å². The van der Waals surface area contributed by atoms with Crippen LogP contribution in [0.3, 0.4) is 0 Å². The van der Waals surface area contributed by atoms with Gasteiger partial charge in [-0.1, -0.05) is 35.1 Å². The molecule has 2 aromatic carbocycles. The van der Waals surface area contributed by atoms with E-state index in [9.17, 15) is 13.6 Å². The molecule has 1 aliphatic heterocycles. The van der Waals surface area contributed by atoms with Crippen molar-refractivity contribution in [1.29, 1.82) is 0 Å². The van der Waals surface area contributed by atoms with E-state index in [-0.39, 0.29) is 17.4 Å². The SMILES string of the molecule is Cc1cn(-c2ccc3oc(-c4ccnc(C(=O)N5CCN([C@@H](c6ccccc6)c6nnn(C(F)F)n6)CC5)c4)nc3c2)cn1. The number of hydrogen-bond donors (Lipinski definition) is 0. The van der Waals surface area contributed by atoms with Crippen LogP contribution in [0.25, 0.3) is 28.2 Å². The van der Waals surface area contributed by atoms with Crippen LogP contribution in [0.4, 0.5) is 8.78 Å². The van der Waals surface area contributed by atoms with Gasteiger partial charge in [0, 0.05) is 49.8 Å². The second-order valence-electron chi connectivity index (χ2n) is 10.4. The number of fused-ring (bicyclic) bond motifs is 1. The fraction of sp³-hybridized carbons (Fsp3) is 0.233. The van der Waals surface area contributed by atoms with Crippen molar-refractivity contribution in [1.82, 2.24) is 49.5 Å². The lowest BCUT2D eigenvalue weighted by atomic mass is 10.0. The van der Waals surface area contributed by atoms with Crippen molar-refractivity contribution in [2.45, 2.75) is 19.5 Å². The largest absolute Gasteiger partial charge is 0.436 e. The van der Waals surface area contributed by atoms with Gasteiger partial charge < -0.3 is 13.9 Å². The molecular formula is C30H26F2N10O2. The zero-order valence-corrected chi connectivity index (χ0v) is 23.5. The van der Waals surface area contributed by atoms with Gasteiger partial charge in [-0.05, 0) is 48.0 Å². The van der Waals surface area contributed by atoms with Gasteiger partial charge in [0.2, 0.25) is 5.89 Å². The molecule has 4 aromatic heterocycles. The molecular weight excluding hydrogens is 570 g/mol. The van der Waals surface area contributed by atoms with E-state index in [4.69, 9.17) is 4.42 Å². The summed E-state index contributed by atoms with van der Waals surface area (Å²) in [5, 5.41) is 11.4. The highest BCUT2D eigenvalue weighted by molar-refractivity contribution is 5.93. The van der Waals surface area contributed by atoms with Gasteiger partial charge in [0.15, 0.2) is 11.4 Å². The van der Waals surface area contributed by atoms with Gasteiger partial charge in [0.05, 0.1) is 18.1 Å². The fourth-order valence-electron chi connectivity index (χ4n) is 5.38. The number of halogens is 2. The maximum absolute atomic E-state index is 13.5. The normalized spacial score (nSPS) is 14.9. The van der Waals surface area contributed by atoms with Crippen LogP contribution in [0.5, 0.6) is 0 Å². The number of hydrogen-bond acceptors (Lipinski definition) is 9. The summed E-state index contributed by atoms with van der Waals surface area (Å²) in [5.41, 5.74) is 4.88. The molecule has 7 rings (SSSR count). The fourth-order valence-corrected chi connectivity index (χ4v) is 5.38. The van der Waals surface area contributed by atoms with Crippen molar-refractivity contribution >= 4 is 17.0 Å². The van der Waals surface area contributed by atoms with Crippen LogP contribution in [0.1, 0.15) is 40.2 Å². The highest BCUT2D eigenvalue weighted by atomic mass is 19.3. The topological polar surface area (TPSA) is 124 Å². The Morgan fingerprint density at radius 2 is 1.80 bits per heavy atom. The van der Waals surface area contributed by atoms with Crippen molar-refractivity contribution < 1.29 is 18.0 Å². The van der Waals surface area contributed by atoms with E-state index >= 15 is 0 Å². The summed E-state index contributed by atoms with van der Waals surface area (Å²) in [7, 11) is 0. The summed E-state index contributed by atoms with van der Waals surface area (Å²) in [6.45, 7) is 0.782. The summed E-state index contributed by atoms with van der Waals surface area (Å²) in [5.74, 6) is 0.338. The van der Waals surface area contributed by atoms with E-state index in [1.54, 1.807) is 29.6 Å². The van der Waals surface area contributed by atoms with E-state index < -0.39 is 12.6 Å². The van der Waals surface area contributed by atoms with Crippen molar-refractivity contribution in [3.05, 3.63) is 102 Å². The molecule has 12 nitrogen and oxygen atoms in total. The third-order valence-electron chi connectivity index (χ3n) is 7.55. The number of aromatic nitrogens is 8. The minimum atomic E-state index is -2.88. The predicted molar refractivity (Wildman–Crippen MR) is 154 cm³/mol. The summed E-state index contributed by atoms with van der Waals surface area (Å²) >= 11 is 0. The Labute approximate surface area is 249 Å². The molecule has 0 N–H and O–H groups in total. The number of pyridine rings is 1. The van der Waals surface area contributed by atoms with Gasteiger partial charge >= 0.3 is 6.55 Å². The first-order chi connectivity index (χ1) is 21.4. The molecule has 1 aliphatic rings. The predicted octanol–water partition coefficient (Wildman–Crippen LogP) is 4.31. The Morgan fingerprint density at radius 3 is 2.52 bits per heavy atom. The van der Waals surface area contributed by atoms with Crippen LogP contribution < -0.4 is 0 Å². The molecule has 0 bridgehead atoms. The Balaban J connectivity index is 1.08. The van der Waals surface area contributed by atoms with E-state index in [0.29, 0.717) is 53.5 Å². The summed E-state index contributed by atoms with van der Waals surface area (Å²) in [6.07, 6.45) is 5.24. The van der Waals surface area contributed by atoms with Gasteiger partial charge in [-0.15, -0.1) is 10.2 Å². The molecule has 0 aliphatic carbocycles. The number of oxazole rings is 1. The minimum Gasteiger partial charge on any atom is -0.436 e. The summed E-state index contributed by atoms with van der Waals surface area (Å²) in [6, 6.07) is 18.1. The number of amides is 1. The first-order valence-corrected chi connectivity index (χ1v) is 14.0. The monoisotopic (exact) mass is 596 g/mol. The molecule has 1 saturated heterocycles. The Bertz CT molecular complexity index is 1930. The standard InChI is InChI=1S/C30H26F2N10O2/c1-19-17-41(18-34-19)22-7-8-25-23(16-22)35-28(44-25)21-9-10-33-24(15-21)29(43)40-13-11-39(12-14-40)26(20-5-3-2-4-6-20)27-36-38-42(37-27)30(31)32/h2-10,15-18,26,30H,11-14H2,1H3/t26-/m0/s1. The second-order valence-corrected chi connectivity index (χ2v) is 10.4. The number of alkyl halides is 2. The van der Waals surface area contributed by atoms with Crippen molar-refractivity contribution in [3.63, 3.8) is 0 Å². The van der Waals surface area contributed by atoms with Crippen molar-refractivity contribution in [3.8, 4) is 17.1 Å². The first-order valence-electron chi connectivity index (χ1n) is 14.0. The number of aryl methyl sites for hydroxylation is 1. The van der Waals surface area contributed by atoms with E-state index in [0.717, 1.165) is 16.9 Å². The molecule has 222 valence electrons. The lowest BCUT2D eigenvalue weighted by Gasteiger charge is -2.38. The van der Waals surface area contributed by atoms with Gasteiger partial charge in [-0.3, -0.25) is 14.7 Å². The molecule has 0 radical (unpaired) electrons. The van der Waals surface area contributed by atoms with Gasteiger partial charge in [-0.2, -0.15) is 8.78 Å². The number of rotatable bonds is 7. The Kier molecular flexibility index (Phi) is 7.10. The summed E-state index contributed by atoms with van der Waals surface area (Å²) in [4.78, 5) is 30.9. The van der Waals surface area contributed by atoms with Crippen LogP contribution in [0.2, 0.25) is 0 Å². The molecule has 44 heavy (non-hydrogen) atoms. The molecule has 1 atom stereocenters. The van der Waals surface area contributed by atoms with Crippen molar-refractivity contribution in [2.24, 2.45) is 0 Å². The number of nitrogens with zero attached hydrogens (tertiary/aromatic N) is 10. The third kappa shape index (κ3) is 5.30. The number of carbonyl (C=O) groups is 1. The number of imidazole rings is 1. The Hall–Kier alpha value is -5.37. The number of benzene rings is 2.